The lowest BCUT2D eigenvalue weighted by molar-refractivity contribution is -0.125. The number of carbonyl (C=O) groups is 1. The molecule has 2 aliphatic heterocycles. The number of nitrogens with zero attached hydrogens (tertiary/aromatic N) is 1. The number of amides is 1. The molecule has 2 unspecified atom stereocenters. The average Bonchev–Trinajstić information content (AvgIpc) is 3.31. The van der Waals surface area contributed by atoms with Crippen molar-refractivity contribution in [3.05, 3.63) is 35.9 Å². The molecule has 3 nitrogen and oxygen atoms in total. The number of rotatable bonds is 3. The van der Waals surface area contributed by atoms with E-state index in [9.17, 15) is 4.79 Å². The molecule has 1 N–H and O–H groups in total. The molecule has 0 radical (unpaired) electrons. The highest BCUT2D eigenvalue weighted by Crippen LogP contribution is 2.48. The summed E-state index contributed by atoms with van der Waals surface area (Å²) in [4.78, 5) is 15.4. The Kier molecular flexibility index (Phi) is 3.48. The van der Waals surface area contributed by atoms with Crippen LogP contribution >= 0.6 is 0 Å². The maximum Gasteiger partial charge on any atom is 0.230 e. The Balaban J connectivity index is 1.45. The molecule has 4 rings (SSSR count). The lowest BCUT2D eigenvalue weighted by atomic mass is 9.82. The van der Waals surface area contributed by atoms with Crippen LogP contribution in [0.2, 0.25) is 0 Å². The van der Waals surface area contributed by atoms with Crippen LogP contribution in [0.1, 0.15) is 50.5 Å². The van der Waals surface area contributed by atoms with Gasteiger partial charge in [-0.25, -0.2) is 0 Å². The Morgan fingerprint density at radius 1 is 1.14 bits per heavy atom. The molecular formula is C19H26N2O. The summed E-state index contributed by atoms with van der Waals surface area (Å²) in [5.74, 6) is 0.270. The summed E-state index contributed by atoms with van der Waals surface area (Å²) in [6.45, 7) is 0. The van der Waals surface area contributed by atoms with Gasteiger partial charge in [0.2, 0.25) is 5.91 Å². The minimum absolute atomic E-state index is 0.223. The maximum absolute atomic E-state index is 12.9. The Morgan fingerprint density at radius 3 is 2.36 bits per heavy atom. The summed E-state index contributed by atoms with van der Waals surface area (Å²) in [5.41, 5.74) is 0.973. The predicted molar refractivity (Wildman–Crippen MR) is 87.7 cm³/mol. The third-order valence-corrected chi connectivity index (χ3v) is 6.19. The van der Waals surface area contributed by atoms with Crippen LogP contribution < -0.4 is 5.32 Å². The van der Waals surface area contributed by atoms with E-state index < -0.39 is 0 Å². The third kappa shape index (κ3) is 2.36. The van der Waals surface area contributed by atoms with Crippen LogP contribution in [0.3, 0.4) is 0 Å². The van der Waals surface area contributed by atoms with Gasteiger partial charge in [-0.15, -0.1) is 0 Å². The fraction of sp³-hybridized carbons (Fsp3) is 0.632. The van der Waals surface area contributed by atoms with Crippen LogP contribution in [0.15, 0.2) is 30.3 Å². The SMILES string of the molecule is CN1C2CCCC1CC(NC(=O)C1(c3ccccc3)CC1)C2. The van der Waals surface area contributed by atoms with Crippen molar-refractivity contribution in [2.75, 3.05) is 7.05 Å². The minimum atomic E-state index is -0.223. The maximum atomic E-state index is 12.9. The van der Waals surface area contributed by atoms with Crippen LogP contribution in [0, 0.1) is 0 Å². The number of piperidine rings is 2. The number of carbonyl (C=O) groups excluding carboxylic acids is 1. The van der Waals surface area contributed by atoms with E-state index in [4.69, 9.17) is 0 Å². The van der Waals surface area contributed by atoms with E-state index in [0.29, 0.717) is 18.1 Å². The van der Waals surface area contributed by atoms with Crippen LogP contribution in [-0.4, -0.2) is 36.0 Å². The first kappa shape index (κ1) is 14.3. The van der Waals surface area contributed by atoms with Gasteiger partial charge >= 0.3 is 0 Å². The standard InChI is InChI=1S/C19H26N2O/c1-21-16-8-5-9-17(21)13-15(12-16)20-18(22)19(10-11-19)14-6-3-2-4-7-14/h2-4,6-7,15-17H,5,8-13H2,1H3,(H,20,22). The molecule has 3 aliphatic rings. The molecule has 2 bridgehead atoms. The first-order valence-corrected chi connectivity index (χ1v) is 8.77. The average molecular weight is 298 g/mol. The van der Waals surface area contributed by atoms with Gasteiger partial charge in [0, 0.05) is 18.1 Å². The molecule has 1 amide bonds. The molecule has 2 heterocycles. The Labute approximate surface area is 133 Å². The van der Waals surface area contributed by atoms with Crippen molar-refractivity contribution in [1.82, 2.24) is 10.2 Å². The van der Waals surface area contributed by atoms with Crippen molar-refractivity contribution in [3.8, 4) is 0 Å². The zero-order valence-corrected chi connectivity index (χ0v) is 13.4. The number of fused-ring (bicyclic) bond motifs is 2. The van der Waals surface area contributed by atoms with Gasteiger partial charge in [0.25, 0.3) is 0 Å². The largest absolute Gasteiger partial charge is 0.352 e. The van der Waals surface area contributed by atoms with Gasteiger partial charge in [0.1, 0.15) is 0 Å². The zero-order chi connectivity index (χ0) is 15.2. The van der Waals surface area contributed by atoms with Crippen molar-refractivity contribution in [2.24, 2.45) is 0 Å². The van der Waals surface area contributed by atoms with Crippen LogP contribution in [0.25, 0.3) is 0 Å². The van der Waals surface area contributed by atoms with E-state index in [0.717, 1.165) is 25.7 Å². The summed E-state index contributed by atoms with van der Waals surface area (Å²) in [6, 6.07) is 12.0. The molecule has 2 saturated heterocycles. The van der Waals surface area contributed by atoms with Gasteiger partial charge in [-0.2, -0.15) is 0 Å². The fourth-order valence-corrected chi connectivity index (χ4v) is 4.59. The highest BCUT2D eigenvalue weighted by Gasteiger charge is 2.52. The van der Waals surface area contributed by atoms with Crippen molar-refractivity contribution >= 4 is 5.91 Å². The fourth-order valence-electron chi connectivity index (χ4n) is 4.59. The van der Waals surface area contributed by atoms with Gasteiger partial charge in [-0.05, 0) is 51.1 Å². The summed E-state index contributed by atoms with van der Waals surface area (Å²) in [7, 11) is 2.26. The van der Waals surface area contributed by atoms with Gasteiger partial charge in [0.15, 0.2) is 0 Å². The second-order valence-electron chi connectivity index (χ2n) is 7.49. The molecule has 3 fully saturated rings. The topological polar surface area (TPSA) is 32.3 Å². The lowest BCUT2D eigenvalue weighted by Crippen LogP contribution is -2.56. The zero-order valence-electron chi connectivity index (χ0n) is 13.4. The normalized spacial score (nSPS) is 33.2. The molecule has 0 aromatic heterocycles. The summed E-state index contributed by atoms with van der Waals surface area (Å²) < 4.78 is 0. The molecule has 22 heavy (non-hydrogen) atoms. The minimum Gasteiger partial charge on any atom is -0.352 e. The summed E-state index contributed by atoms with van der Waals surface area (Å²) >= 11 is 0. The van der Waals surface area contributed by atoms with E-state index in [2.05, 4.69) is 29.4 Å². The molecule has 1 aliphatic carbocycles. The second-order valence-corrected chi connectivity index (χ2v) is 7.49. The predicted octanol–water partition coefficient (Wildman–Crippen LogP) is 2.85. The Bertz CT molecular complexity index is 538. The summed E-state index contributed by atoms with van der Waals surface area (Å²) in [6.07, 6.45) is 8.21. The Hall–Kier alpha value is -1.35. The molecule has 2 atom stereocenters. The van der Waals surface area contributed by atoms with Crippen LogP contribution in [-0.2, 0) is 10.2 Å². The number of benzene rings is 1. The van der Waals surface area contributed by atoms with E-state index >= 15 is 0 Å². The smallest absolute Gasteiger partial charge is 0.230 e. The third-order valence-electron chi connectivity index (χ3n) is 6.19. The van der Waals surface area contributed by atoms with E-state index in [1.54, 1.807) is 0 Å². The van der Waals surface area contributed by atoms with E-state index in [-0.39, 0.29) is 11.3 Å². The molecule has 3 heteroatoms. The van der Waals surface area contributed by atoms with Crippen molar-refractivity contribution in [3.63, 3.8) is 0 Å². The Morgan fingerprint density at radius 2 is 1.77 bits per heavy atom. The first-order valence-electron chi connectivity index (χ1n) is 8.77. The first-order chi connectivity index (χ1) is 10.7. The highest BCUT2D eigenvalue weighted by atomic mass is 16.2. The number of hydrogen-bond donors (Lipinski definition) is 1. The van der Waals surface area contributed by atoms with Gasteiger partial charge in [-0.3, -0.25) is 4.79 Å². The van der Waals surface area contributed by atoms with Gasteiger partial charge in [0.05, 0.1) is 5.41 Å². The van der Waals surface area contributed by atoms with Crippen LogP contribution in [0.4, 0.5) is 0 Å². The lowest BCUT2D eigenvalue weighted by Gasteiger charge is -2.47. The van der Waals surface area contributed by atoms with Gasteiger partial charge < -0.3 is 10.2 Å². The quantitative estimate of drug-likeness (QED) is 0.930. The number of nitrogens with one attached hydrogen (secondary N) is 1. The summed E-state index contributed by atoms with van der Waals surface area (Å²) in [5, 5.41) is 3.40. The van der Waals surface area contributed by atoms with Gasteiger partial charge in [-0.1, -0.05) is 36.8 Å². The van der Waals surface area contributed by atoms with Crippen molar-refractivity contribution in [1.29, 1.82) is 0 Å². The van der Waals surface area contributed by atoms with Crippen molar-refractivity contribution in [2.45, 2.75) is 68.5 Å². The second kappa shape index (κ2) is 5.38. The molecule has 118 valence electrons. The molecule has 0 spiro atoms. The van der Waals surface area contributed by atoms with E-state index in [1.165, 1.54) is 24.8 Å². The monoisotopic (exact) mass is 298 g/mol. The van der Waals surface area contributed by atoms with Crippen molar-refractivity contribution < 1.29 is 4.79 Å². The van der Waals surface area contributed by atoms with E-state index in [1.807, 2.05) is 18.2 Å². The molecule has 1 saturated carbocycles. The number of hydrogen-bond acceptors (Lipinski definition) is 2. The van der Waals surface area contributed by atoms with Crippen LogP contribution in [0.5, 0.6) is 0 Å². The molecular weight excluding hydrogens is 272 g/mol. The molecule has 1 aromatic rings. The highest BCUT2D eigenvalue weighted by molar-refractivity contribution is 5.91. The molecule has 1 aromatic carbocycles.